The van der Waals surface area contributed by atoms with Crippen LogP contribution in [0.25, 0.3) is 0 Å². The van der Waals surface area contributed by atoms with Crippen molar-refractivity contribution in [2.75, 3.05) is 47.6 Å². The van der Waals surface area contributed by atoms with Gasteiger partial charge in [-0.05, 0) is 13.8 Å². The van der Waals surface area contributed by atoms with E-state index in [0.717, 1.165) is 18.1 Å². The molecule has 0 aliphatic rings. The molecule has 0 aromatic heterocycles. The molecule has 0 bridgehead atoms. The summed E-state index contributed by atoms with van der Waals surface area (Å²) in [5.74, 6) is 2.76. The van der Waals surface area contributed by atoms with Crippen LogP contribution in [0.2, 0.25) is 0 Å². The van der Waals surface area contributed by atoms with E-state index in [0.29, 0.717) is 43.6 Å². The Morgan fingerprint density at radius 2 is 1.64 bits per heavy atom. The van der Waals surface area contributed by atoms with Crippen molar-refractivity contribution >= 4 is 29.9 Å². The number of rotatable bonds is 10. The molecule has 0 aliphatic carbocycles. The van der Waals surface area contributed by atoms with E-state index in [2.05, 4.69) is 15.6 Å². The van der Waals surface area contributed by atoms with E-state index >= 15 is 0 Å². The number of ether oxygens (including phenoxy) is 4. The van der Waals surface area contributed by atoms with E-state index in [1.54, 1.807) is 21.3 Å². The lowest BCUT2D eigenvalue weighted by Gasteiger charge is -2.15. The smallest absolute Gasteiger partial charge is 0.191 e. The third-order valence-electron chi connectivity index (χ3n) is 3.30. The second kappa shape index (κ2) is 13.8. The normalized spacial score (nSPS) is 10.7. The first-order chi connectivity index (χ1) is 11.7. The number of benzene rings is 1. The molecule has 0 saturated carbocycles. The van der Waals surface area contributed by atoms with Crippen LogP contribution >= 0.6 is 24.0 Å². The summed E-state index contributed by atoms with van der Waals surface area (Å²) < 4.78 is 21.5. The highest BCUT2D eigenvalue weighted by Crippen LogP contribution is 2.34. The third-order valence-corrected chi connectivity index (χ3v) is 3.30. The summed E-state index contributed by atoms with van der Waals surface area (Å²) in [5, 5.41) is 6.44. The third kappa shape index (κ3) is 8.00. The highest BCUT2D eigenvalue weighted by molar-refractivity contribution is 14.0. The van der Waals surface area contributed by atoms with Crippen molar-refractivity contribution in [3.8, 4) is 17.2 Å². The van der Waals surface area contributed by atoms with Gasteiger partial charge in [0.1, 0.15) is 17.2 Å². The number of nitrogens with one attached hydrogen (secondary N) is 2. The predicted molar refractivity (Wildman–Crippen MR) is 111 cm³/mol. The van der Waals surface area contributed by atoms with E-state index in [-0.39, 0.29) is 24.0 Å². The Morgan fingerprint density at radius 1 is 1.00 bits per heavy atom. The van der Waals surface area contributed by atoms with Gasteiger partial charge in [0.2, 0.25) is 0 Å². The van der Waals surface area contributed by atoms with Gasteiger partial charge in [-0.15, -0.1) is 24.0 Å². The van der Waals surface area contributed by atoms with Gasteiger partial charge in [0.15, 0.2) is 5.96 Å². The number of methoxy groups -OCH3 is 3. The minimum absolute atomic E-state index is 0. The Hall–Kier alpha value is -1.42. The zero-order chi connectivity index (χ0) is 17.8. The van der Waals surface area contributed by atoms with Gasteiger partial charge in [-0.2, -0.15) is 0 Å². The average molecular weight is 467 g/mol. The van der Waals surface area contributed by atoms with Crippen LogP contribution in [0.15, 0.2) is 17.1 Å². The quantitative estimate of drug-likeness (QED) is 0.238. The number of guanidine groups is 1. The summed E-state index contributed by atoms with van der Waals surface area (Å²) >= 11 is 0. The van der Waals surface area contributed by atoms with Crippen LogP contribution in [-0.2, 0) is 11.3 Å². The van der Waals surface area contributed by atoms with Crippen LogP contribution in [0.3, 0.4) is 0 Å². The van der Waals surface area contributed by atoms with Gasteiger partial charge in [-0.3, -0.25) is 0 Å². The average Bonchev–Trinajstić information content (AvgIpc) is 2.62. The first-order valence-electron chi connectivity index (χ1n) is 8.08. The molecule has 0 unspecified atom stereocenters. The molecule has 2 N–H and O–H groups in total. The lowest BCUT2D eigenvalue weighted by atomic mass is 10.1. The van der Waals surface area contributed by atoms with Crippen LogP contribution in [0.5, 0.6) is 17.2 Å². The van der Waals surface area contributed by atoms with Gasteiger partial charge >= 0.3 is 0 Å². The van der Waals surface area contributed by atoms with E-state index in [4.69, 9.17) is 18.9 Å². The van der Waals surface area contributed by atoms with Crippen molar-refractivity contribution in [2.24, 2.45) is 4.99 Å². The maximum Gasteiger partial charge on any atom is 0.191 e. The maximum absolute atomic E-state index is 5.45. The molecule has 1 rings (SSSR count). The molecule has 8 heteroatoms. The molecule has 0 atom stereocenters. The second-order valence-corrected chi connectivity index (χ2v) is 4.83. The summed E-state index contributed by atoms with van der Waals surface area (Å²) in [6.45, 7) is 7.22. The molecule has 0 heterocycles. The van der Waals surface area contributed by atoms with Crippen LogP contribution in [0.4, 0.5) is 0 Å². The van der Waals surface area contributed by atoms with Crippen LogP contribution in [0.1, 0.15) is 19.4 Å². The van der Waals surface area contributed by atoms with Crippen LogP contribution in [-0.4, -0.2) is 53.6 Å². The summed E-state index contributed by atoms with van der Waals surface area (Å²) in [6.07, 6.45) is 0. The first-order valence-corrected chi connectivity index (χ1v) is 8.08. The Labute approximate surface area is 167 Å². The van der Waals surface area contributed by atoms with E-state index in [1.165, 1.54) is 0 Å². The molecule has 0 amide bonds. The molecule has 25 heavy (non-hydrogen) atoms. The van der Waals surface area contributed by atoms with Crippen molar-refractivity contribution in [1.29, 1.82) is 0 Å². The number of hydrogen-bond acceptors (Lipinski definition) is 5. The topological polar surface area (TPSA) is 73.3 Å². The zero-order valence-corrected chi connectivity index (χ0v) is 18.0. The van der Waals surface area contributed by atoms with E-state index in [9.17, 15) is 0 Å². The SMILES string of the molecule is CCNC(=NCc1c(OC)cc(OC)cc1OC)NCCOCC.I. The van der Waals surface area contributed by atoms with Crippen LogP contribution < -0.4 is 24.8 Å². The summed E-state index contributed by atoms with van der Waals surface area (Å²) in [6, 6.07) is 3.64. The van der Waals surface area contributed by atoms with Gasteiger partial charge in [0.25, 0.3) is 0 Å². The highest BCUT2D eigenvalue weighted by Gasteiger charge is 2.13. The second-order valence-electron chi connectivity index (χ2n) is 4.83. The van der Waals surface area contributed by atoms with Gasteiger partial charge in [0.05, 0.1) is 40.0 Å². The molecule has 0 spiro atoms. The fourth-order valence-electron chi connectivity index (χ4n) is 2.12. The minimum Gasteiger partial charge on any atom is -0.496 e. The van der Waals surface area contributed by atoms with Gasteiger partial charge in [0, 0.05) is 31.8 Å². The zero-order valence-electron chi connectivity index (χ0n) is 15.7. The maximum atomic E-state index is 5.45. The first kappa shape index (κ1) is 23.6. The number of hydrogen-bond donors (Lipinski definition) is 2. The van der Waals surface area contributed by atoms with Crippen molar-refractivity contribution in [3.05, 3.63) is 17.7 Å². The van der Waals surface area contributed by atoms with Crippen molar-refractivity contribution in [2.45, 2.75) is 20.4 Å². The molecular formula is C17H30IN3O4. The summed E-state index contributed by atoms with van der Waals surface area (Å²) in [4.78, 5) is 4.59. The predicted octanol–water partition coefficient (Wildman–Crippen LogP) is 2.42. The van der Waals surface area contributed by atoms with Gasteiger partial charge in [-0.1, -0.05) is 0 Å². The van der Waals surface area contributed by atoms with Gasteiger partial charge < -0.3 is 29.6 Å². The molecule has 0 fully saturated rings. The summed E-state index contributed by atoms with van der Waals surface area (Å²) in [5.41, 5.74) is 0.864. The van der Waals surface area contributed by atoms with Crippen molar-refractivity contribution in [3.63, 3.8) is 0 Å². The molecule has 144 valence electrons. The molecule has 1 aromatic carbocycles. The molecule has 7 nitrogen and oxygen atoms in total. The fourth-order valence-corrected chi connectivity index (χ4v) is 2.12. The van der Waals surface area contributed by atoms with Crippen molar-refractivity contribution < 1.29 is 18.9 Å². The monoisotopic (exact) mass is 467 g/mol. The number of aliphatic imine (C=N–C) groups is 1. The molecule has 0 radical (unpaired) electrons. The fraction of sp³-hybridized carbons (Fsp3) is 0.588. The Bertz CT molecular complexity index is 502. The Balaban J connectivity index is 0.00000576. The van der Waals surface area contributed by atoms with E-state index in [1.807, 2.05) is 26.0 Å². The molecular weight excluding hydrogens is 437 g/mol. The Morgan fingerprint density at radius 3 is 2.12 bits per heavy atom. The lowest BCUT2D eigenvalue weighted by Crippen LogP contribution is -2.39. The van der Waals surface area contributed by atoms with Crippen molar-refractivity contribution in [1.82, 2.24) is 10.6 Å². The number of halogens is 1. The molecule has 1 aromatic rings. The van der Waals surface area contributed by atoms with Crippen LogP contribution in [0, 0.1) is 0 Å². The highest BCUT2D eigenvalue weighted by atomic mass is 127. The molecule has 0 aliphatic heterocycles. The standard InChI is InChI=1S/C17H29N3O4.HI/c1-6-18-17(19-8-9-24-7-2)20-12-14-15(22-4)10-13(21-3)11-16(14)23-5;/h10-11H,6-9,12H2,1-5H3,(H2,18,19,20);1H. The largest absolute Gasteiger partial charge is 0.496 e. The Kier molecular flexibility index (Phi) is 13.0. The summed E-state index contributed by atoms with van der Waals surface area (Å²) in [7, 11) is 4.84. The number of nitrogens with zero attached hydrogens (tertiary/aromatic N) is 1. The lowest BCUT2D eigenvalue weighted by molar-refractivity contribution is 0.152. The van der Waals surface area contributed by atoms with E-state index < -0.39 is 0 Å². The molecule has 0 saturated heterocycles. The minimum atomic E-state index is 0. The van der Waals surface area contributed by atoms with Gasteiger partial charge in [-0.25, -0.2) is 4.99 Å².